The van der Waals surface area contributed by atoms with Gasteiger partial charge >= 0.3 is 0 Å². The molecular formula is C13H14BrN3S. The molecule has 0 radical (unpaired) electrons. The van der Waals surface area contributed by atoms with E-state index in [0.29, 0.717) is 0 Å². The fourth-order valence-electron chi connectivity index (χ4n) is 1.40. The molecule has 0 amide bonds. The summed E-state index contributed by atoms with van der Waals surface area (Å²) in [4.78, 5) is 4.34. The lowest BCUT2D eigenvalue weighted by atomic mass is 10.2. The van der Waals surface area contributed by atoms with Gasteiger partial charge in [-0.2, -0.15) is 0 Å². The van der Waals surface area contributed by atoms with E-state index in [9.17, 15) is 0 Å². The first kappa shape index (κ1) is 13.4. The molecule has 1 aromatic heterocycles. The number of hydrogen-bond donors (Lipinski definition) is 0. The average Bonchev–Trinajstić information content (AvgIpc) is 2.84. The highest BCUT2D eigenvalue weighted by molar-refractivity contribution is 9.10. The lowest BCUT2D eigenvalue weighted by Gasteiger charge is -1.91. The molecule has 2 aromatic rings. The third-order valence-electron chi connectivity index (χ3n) is 2.39. The first-order valence-corrected chi connectivity index (χ1v) is 7.51. The van der Waals surface area contributed by atoms with Crippen LogP contribution in [0.15, 0.2) is 33.7 Å². The van der Waals surface area contributed by atoms with Crippen molar-refractivity contribution in [3.8, 4) is 0 Å². The topological polar surface area (TPSA) is 38.1 Å². The molecule has 0 N–H and O–H groups in total. The summed E-state index contributed by atoms with van der Waals surface area (Å²) in [6.45, 7) is 2.17. The Morgan fingerprint density at radius 3 is 2.78 bits per heavy atom. The first-order valence-electron chi connectivity index (χ1n) is 5.90. The SMILES string of the molecule is CCCCc1nnc(N=Cc2ccc(Br)cc2)s1. The molecule has 18 heavy (non-hydrogen) atoms. The van der Waals surface area contributed by atoms with Gasteiger partial charge in [-0.25, -0.2) is 4.99 Å². The highest BCUT2D eigenvalue weighted by Gasteiger charge is 2.01. The van der Waals surface area contributed by atoms with Gasteiger partial charge in [-0.3, -0.25) is 0 Å². The monoisotopic (exact) mass is 323 g/mol. The molecule has 0 aliphatic carbocycles. The third kappa shape index (κ3) is 3.99. The molecule has 0 fully saturated rings. The highest BCUT2D eigenvalue weighted by atomic mass is 79.9. The predicted molar refractivity (Wildman–Crippen MR) is 79.9 cm³/mol. The van der Waals surface area contributed by atoms with Crippen molar-refractivity contribution in [1.29, 1.82) is 0 Å². The van der Waals surface area contributed by atoms with Gasteiger partial charge < -0.3 is 0 Å². The van der Waals surface area contributed by atoms with Crippen molar-refractivity contribution in [3.63, 3.8) is 0 Å². The van der Waals surface area contributed by atoms with Crippen LogP contribution in [0.25, 0.3) is 0 Å². The van der Waals surface area contributed by atoms with Gasteiger partial charge in [-0.05, 0) is 24.1 Å². The molecule has 0 atom stereocenters. The summed E-state index contributed by atoms with van der Waals surface area (Å²) < 4.78 is 1.07. The molecule has 3 nitrogen and oxygen atoms in total. The van der Waals surface area contributed by atoms with Gasteiger partial charge in [-0.15, -0.1) is 10.2 Å². The van der Waals surface area contributed by atoms with E-state index in [2.05, 4.69) is 38.0 Å². The Morgan fingerprint density at radius 2 is 2.06 bits per heavy atom. The van der Waals surface area contributed by atoms with Crippen molar-refractivity contribution in [3.05, 3.63) is 39.3 Å². The third-order valence-corrected chi connectivity index (χ3v) is 3.81. The van der Waals surface area contributed by atoms with E-state index in [4.69, 9.17) is 0 Å². The fraction of sp³-hybridized carbons (Fsp3) is 0.308. The van der Waals surface area contributed by atoms with E-state index in [0.717, 1.165) is 33.0 Å². The van der Waals surface area contributed by atoms with Crippen LogP contribution in [0.5, 0.6) is 0 Å². The molecule has 0 saturated heterocycles. The molecule has 0 saturated carbocycles. The van der Waals surface area contributed by atoms with Crippen LogP contribution in [0, 0.1) is 0 Å². The molecule has 0 aliphatic rings. The highest BCUT2D eigenvalue weighted by Crippen LogP contribution is 2.20. The Morgan fingerprint density at radius 1 is 1.28 bits per heavy atom. The Balaban J connectivity index is 2.00. The first-order chi connectivity index (χ1) is 8.78. The minimum absolute atomic E-state index is 0.726. The quantitative estimate of drug-likeness (QED) is 0.765. The summed E-state index contributed by atoms with van der Waals surface area (Å²) in [7, 11) is 0. The normalized spacial score (nSPS) is 11.2. The molecule has 2 rings (SSSR count). The van der Waals surface area contributed by atoms with Crippen LogP contribution < -0.4 is 0 Å². The van der Waals surface area contributed by atoms with E-state index in [1.165, 1.54) is 6.42 Å². The Kier molecular flexibility index (Phi) is 5.01. The smallest absolute Gasteiger partial charge is 0.226 e. The predicted octanol–water partition coefficient (Wildman–Crippen LogP) is 4.39. The largest absolute Gasteiger partial charge is 0.231 e. The number of halogens is 1. The Hall–Kier alpha value is -1.07. The maximum Gasteiger partial charge on any atom is 0.231 e. The maximum atomic E-state index is 4.34. The van der Waals surface area contributed by atoms with Crippen molar-refractivity contribution in [2.24, 2.45) is 4.99 Å². The minimum Gasteiger partial charge on any atom is -0.226 e. The van der Waals surface area contributed by atoms with E-state index >= 15 is 0 Å². The summed E-state index contributed by atoms with van der Waals surface area (Å²) in [6, 6.07) is 8.00. The second kappa shape index (κ2) is 6.75. The molecule has 0 aliphatic heterocycles. The van der Waals surface area contributed by atoms with Gasteiger partial charge in [0, 0.05) is 17.1 Å². The molecule has 0 bridgehead atoms. The number of aromatic nitrogens is 2. The van der Waals surface area contributed by atoms with E-state index in [1.807, 2.05) is 30.5 Å². The van der Waals surface area contributed by atoms with Crippen LogP contribution >= 0.6 is 27.3 Å². The zero-order valence-corrected chi connectivity index (χ0v) is 12.5. The molecule has 0 unspecified atom stereocenters. The molecule has 0 spiro atoms. The summed E-state index contributed by atoms with van der Waals surface area (Å²) in [5.74, 6) is 0. The van der Waals surface area contributed by atoms with Crippen LogP contribution in [0.1, 0.15) is 30.3 Å². The number of rotatable bonds is 5. The van der Waals surface area contributed by atoms with Gasteiger partial charge in [0.15, 0.2) is 0 Å². The van der Waals surface area contributed by atoms with Gasteiger partial charge in [-0.1, -0.05) is 52.7 Å². The van der Waals surface area contributed by atoms with Crippen molar-refractivity contribution in [2.45, 2.75) is 26.2 Å². The minimum atomic E-state index is 0.726. The zero-order valence-electron chi connectivity index (χ0n) is 10.1. The molecule has 94 valence electrons. The number of benzene rings is 1. The van der Waals surface area contributed by atoms with Crippen molar-refractivity contribution in [2.75, 3.05) is 0 Å². The maximum absolute atomic E-state index is 4.34. The van der Waals surface area contributed by atoms with Crippen molar-refractivity contribution >= 4 is 38.6 Å². The Labute approximate surface area is 119 Å². The van der Waals surface area contributed by atoms with Crippen molar-refractivity contribution < 1.29 is 0 Å². The number of hydrogen-bond acceptors (Lipinski definition) is 4. The second-order valence-corrected chi connectivity index (χ2v) is 5.85. The Bertz CT molecular complexity index is 519. The lowest BCUT2D eigenvalue weighted by molar-refractivity contribution is 0.779. The van der Waals surface area contributed by atoms with Crippen LogP contribution in [0.3, 0.4) is 0 Å². The van der Waals surface area contributed by atoms with E-state index in [1.54, 1.807) is 11.3 Å². The van der Waals surface area contributed by atoms with Crippen LogP contribution in [0.4, 0.5) is 5.13 Å². The standard InChI is InChI=1S/C13H14BrN3S/c1-2-3-4-12-16-17-13(18-12)15-9-10-5-7-11(14)8-6-10/h5-9H,2-4H2,1H3. The summed E-state index contributed by atoms with van der Waals surface area (Å²) in [6.07, 6.45) is 5.15. The second-order valence-electron chi connectivity index (χ2n) is 3.89. The molecule has 5 heteroatoms. The number of aryl methyl sites for hydroxylation is 1. The van der Waals surface area contributed by atoms with E-state index in [-0.39, 0.29) is 0 Å². The number of unbranched alkanes of at least 4 members (excludes halogenated alkanes) is 1. The zero-order chi connectivity index (χ0) is 12.8. The fourth-order valence-corrected chi connectivity index (χ4v) is 2.39. The molecule has 1 heterocycles. The van der Waals surface area contributed by atoms with Crippen LogP contribution in [-0.4, -0.2) is 16.4 Å². The number of aliphatic imine (C=N–C) groups is 1. The summed E-state index contributed by atoms with van der Waals surface area (Å²) in [5, 5.41) is 9.99. The summed E-state index contributed by atoms with van der Waals surface area (Å²) in [5.41, 5.74) is 1.06. The van der Waals surface area contributed by atoms with Gasteiger partial charge in [0.2, 0.25) is 5.13 Å². The summed E-state index contributed by atoms with van der Waals surface area (Å²) >= 11 is 4.97. The van der Waals surface area contributed by atoms with Gasteiger partial charge in [0.1, 0.15) is 5.01 Å². The van der Waals surface area contributed by atoms with Crippen LogP contribution in [-0.2, 0) is 6.42 Å². The number of nitrogens with zero attached hydrogens (tertiary/aromatic N) is 3. The van der Waals surface area contributed by atoms with Gasteiger partial charge in [0.05, 0.1) is 0 Å². The van der Waals surface area contributed by atoms with E-state index < -0.39 is 0 Å². The van der Waals surface area contributed by atoms with Gasteiger partial charge in [0.25, 0.3) is 0 Å². The lowest BCUT2D eigenvalue weighted by Crippen LogP contribution is -1.81. The molecular weight excluding hydrogens is 310 g/mol. The van der Waals surface area contributed by atoms with Crippen LogP contribution in [0.2, 0.25) is 0 Å². The molecule has 1 aromatic carbocycles. The van der Waals surface area contributed by atoms with Crippen molar-refractivity contribution in [1.82, 2.24) is 10.2 Å². The average molecular weight is 324 g/mol.